The van der Waals surface area contributed by atoms with Gasteiger partial charge in [0.1, 0.15) is 11.5 Å². The van der Waals surface area contributed by atoms with Gasteiger partial charge in [-0.15, -0.1) is 11.3 Å². The van der Waals surface area contributed by atoms with E-state index >= 15 is 0 Å². The molecule has 146 valence electrons. The van der Waals surface area contributed by atoms with Gasteiger partial charge in [0.05, 0.1) is 18.7 Å². The van der Waals surface area contributed by atoms with Gasteiger partial charge in [-0.05, 0) is 29.8 Å². The van der Waals surface area contributed by atoms with Crippen molar-refractivity contribution in [1.82, 2.24) is 4.98 Å². The van der Waals surface area contributed by atoms with Gasteiger partial charge in [0.2, 0.25) is 0 Å². The highest BCUT2D eigenvalue weighted by Crippen LogP contribution is 2.43. The lowest BCUT2D eigenvalue weighted by atomic mass is 9.95. The predicted molar refractivity (Wildman–Crippen MR) is 114 cm³/mol. The van der Waals surface area contributed by atoms with Crippen molar-refractivity contribution in [3.8, 4) is 5.75 Å². The number of carbonyl (C=O) groups excluding carboxylic acids is 2. The summed E-state index contributed by atoms with van der Waals surface area (Å²) in [6, 6.07) is 13.1. The van der Waals surface area contributed by atoms with E-state index < -0.39 is 17.7 Å². The molecule has 3 aromatic rings. The molecule has 1 fully saturated rings. The minimum Gasteiger partial charge on any atom is -0.507 e. The molecule has 2 aromatic carbocycles. The molecular formula is C21H15BrN2O4S. The Labute approximate surface area is 179 Å². The van der Waals surface area contributed by atoms with Crippen LogP contribution in [0.5, 0.6) is 5.75 Å². The number of ketones is 1. The Kier molecular flexibility index (Phi) is 5.21. The molecule has 1 saturated heterocycles. The van der Waals surface area contributed by atoms with Gasteiger partial charge in [-0.25, -0.2) is 4.98 Å². The van der Waals surface area contributed by atoms with Crippen molar-refractivity contribution in [3.05, 3.63) is 81.3 Å². The Morgan fingerprint density at radius 2 is 1.83 bits per heavy atom. The van der Waals surface area contributed by atoms with Crippen LogP contribution in [0.15, 0.2) is 70.2 Å². The lowest BCUT2D eigenvalue weighted by Gasteiger charge is -2.23. The molecular weight excluding hydrogens is 456 g/mol. The van der Waals surface area contributed by atoms with Gasteiger partial charge < -0.3 is 9.84 Å². The number of aliphatic hydroxyl groups excluding tert-OH is 1. The Hall–Kier alpha value is -2.97. The molecule has 0 bridgehead atoms. The van der Waals surface area contributed by atoms with Crippen LogP contribution in [0.2, 0.25) is 0 Å². The molecule has 1 aliphatic rings. The first kappa shape index (κ1) is 19.4. The van der Waals surface area contributed by atoms with Crippen LogP contribution >= 0.6 is 27.3 Å². The standard InChI is InChI=1S/C21H15BrN2O4S/c1-28-15-8-4-12(5-9-15)17-16(18(25)13-2-6-14(22)7-3-13)19(26)20(27)24(17)21-23-10-11-29-21/h2-11,17,25H,1H3. The number of methoxy groups -OCH3 is 1. The molecule has 0 spiro atoms. The maximum absolute atomic E-state index is 12.9. The molecule has 0 aliphatic carbocycles. The van der Waals surface area contributed by atoms with Crippen molar-refractivity contribution in [1.29, 1.82) is 0 Å². The Balaban J connectivity index is 1.91. The summed E-state index contributed by atoms with van der Waals surface area (Å²) in [5.74, 6) is -1.05. The van der Waals surface area contributed by atoms with Crippen LogP contribution in [0.25, 0.3) is 5.76 Å². The quantitative estimate of drug-likeness (QED) is 0.344. The van der Waals surface area contributed by atoms with Crippen LogP contribution in [0.1, 0.15) is 17.2 Å². The van der Waals surface area contributed by atoms with E-state index in [1.807, 2.05) is 0 Å². The zero-order valence-electron chi connectivity index (χ0n) is 15.2. The number of thiazole rings is 1. The van der Waals surface area contributed by atoms with Gasteiger partial charge in [-0.2, -0.15) is 0 Å². The number of benzene rings is 2. The van der Waals surface area contributed by atoms with E-state index in [0.717, 1.165) is 4.47 Å². The van der Waals surface area contributed by atoms with E-state index in [9.17, 15) is 14.7 Å². The summed E-state index contributed by atoms with van der Waals surface area (Å²) in [4.78, 5) is 31.3. The van der Waals surface area contributed by atoms with Gasteiger partial charge in [0.25, 0.3) is 5.78 Å². The second kappa shape index (κ2) is 7.81. The van der Waals surface area contributed by atoms with Gasteiger partial charge in [-0.1, -0.05) is 40.2 Å². The van der Waals surface area contributed by atoms with E-state index in [2.05, 4.69) is 20.9 Å². The second-order valence-electron chi connectivity index (χ2n) is 6.26. The first-order valence-electron chi connectivity index (χ1n) is 8.61. The molecule has 29 heavy (non-hydrogen) atoms. The molecule has 1 aliphatic heterocycles. The highest BCUT2D eigenvalue weighted by Gasteiger charge is 2.47. The molecule has 6 nitrogen and oxygen atoms in total. The van der Waals surface area contributed by atoms with Crippen LogP contribution in [-0.4, -0.2) is 28.9 Å². The minimum atomic E-state index is -0.796. The van der Waals surface area contributed by atoms with Gasteiger partial charge >= 0.3 is 5.91 Å². The fourth-order valence-corrected chi connectivity index (χ4v) is 4.16. The molecule has 1 amide bonds. The van der Waals surface area contributed by atoms with Gasteiger partial charge in [0, 0.05) is 21.6 Å². The zero-order valence-corrected chi connectivity index (χ0v) is 17.6. The molecule has 0 saturated carbocycles. The van der Waals surface area contributed by atoms with Crippen LogP contribution < -0.4 is 9.64 Å². The fourth-order valence-electron chi connectivity index (χ4n) is 3.23. The van der Waals surface area contributed by atoms with Crippen LogP contribution in [0, 0.1) is 0 Å². The van der Waals surface area contributed by atoms with Crippen LogP contribution in [-0.2, 0) is 9.59 Å². The molecule has 2 heterocycles. The Morgan fingerprint density at radius 3 is 2.41 bits per heavy atom. The van der Waals surface area contributed by atoms with E-state index in [4.69, 9.17) is 4.74 Å². The van der Waals surface area contributed by atoms with Crippen molar-refractivity contribution in [2.24, 2.45) is 0 Å². The lowest BCUT2D eigenvalue weighted by Crippen LogP contribution is -2.29. The third-order valence-electron chi connectivity index (χ3n) is 4.62. The minimum absolute atomic E-state index is 0.0256. The van der Waals surface area contributed by atoms with Gasteiger partial charge in [0.15, 0.2) is 5.13 Å². The van der Waals surface area contributed by atoms with Crippen molar-refractivity contribution in [3.63, 3.8) is 0 Å². The highest BCUT2D eigenvalue weighted by molar-refractivity contribution is 9.10. The number of aliphatic hydroxyl groups is 1. The smallest absolute Gasteiger partial charge is 0.301 e. The third-order valence-corrected chi connectivity index (χ3v) is 5.92. The van der Waals surface area contributed by atoms with E-state index in [0.29, 0.717) is 22.0 Å². The number of ether oxygens (including phenoxy) is 1. The number of hydrogen-bond acceptors (Lipinski definition) is 6. The number of carbonyl (C=O) groups is 2. The SMILES string of the molecule is COc1ccc(C2C(=C(O)c3ccc(Br)cc3)C(=O)C(=O)N2c2nccs2)cc1. The average Bonchev–Trinajstić information content (AvgIpc) is 3.35. The maximum atomic E-state index is 12.9. The van der Waals surface area contributed by atoms with Crippen LogP contribution in [0.4, 0.5) is 5.13 Å². The summed E-state index contributed by atoms with van der Waals surface area (Å²) in [5.41, 5.74) is 1.14. The highest BCUT2D eigenvalue weighted by atomic mass is 79.9. The lowest BCUT2D eigenvalue weighted by molar-refractivity contribution is -0.132. The first-order chi connectivity index (χ1) is 14.0. The number of hydrogen-bond donors (Lipinski definition) is 1. The maximum Gasteiger partial charge on any atom is 0.301 e. The number of anilines is 1. The molecule has 1 atom stereocenters. The molecule has 1 unspecified atom stereocenters. The molecule has 0 radical (unpaired) electrons. The van der Waals surface area contributed by atoms with E-state index in [1.54, 1.807) is 67.2 Å². The normalized spacial score (nSPS) is 18.3. The molecule has 1 N–H and O–H groups in total. The summed E-state index contributed by atoms with van der Waals surface area (Å²) in [7, 11) is 1.56. The topological polar surface area (TPSA) is 79.7 Å². The Morgan fingerprint density at radius 1 is 1.14 bits per heavy atom. The number of nitrogens with zero attached hydrogens (tertiary/aromatic N) is 2. The number of amides is 1. The number of rotatable bonds is 4. The van der Waals surface area contributed by atoms with E-state index in [-0.39, 0.29) is 11.3 Å². The Bertz CT molecular complexity index is 1090. The van der Waals surface area contributed by atoms with Gasteiger partial charge in [-0.3, -0.25) is 14.5 Å². The second-order valence-corrected chi connectivity index (χ2v) is 8.05. The fraction of sp³-hybridized carbons (Fsp3) is 0.0952. The summed E-state index contributed by atoms with van der Waals surface area (Å²) in [6.07, 6.45) is 1.57. The monoisotopic (exact) mass is 470 g/mol. The summed E-state index contributed by atoms with van der Waals surface area (Å²) >= 11 is 4.60. The van der Waals surface area contributed by atoms with Crippen molar-refractivity contribution < 1.29 is 19.4 Å². The predicted octanol–water partition coefficient (Wildman–Crippen LogP) is 4.54. The molecule has 4 rings (SSSR count). The van der Waals surface area contributed by atoms with Crippen LogP contribution in [0.3, 0.4) is 0 Å². The first-order valence-corrected chi connectivity index (χ1v) is 10.3. The zero-order chi connectivity index (χ0) is 20.5. The summed E-state index contributed by atoms with van der Waals surface area (Å²) < 4.78 is 6.04. The van der Waals surface area contributed by atoms with Crippen molar-refractivity contribution in [2.75, 3.05) is 12.0 Å². The third kappa shape index (κ3) is 3.45. The molecule has 1 aromatic heterocycles. The number of halogens is 1. The largest absolute Gasteiger partial charge is 0.507 e. The summed E-state index contributed by atoms with van der Waals surface area (Å²) in [5, 5.41) is 13.1. The number of aromatic nitrogens is 1. The number of Topliss-reactive ketones (excluding diaryl/α,β-unsaturated/α-hetero) is 1. The average molecular weight is 471 g/mol. The van der Waals surface area contributed by atoms with Crippen molar-refractivity contribution >= 4 is 49.8 Å². The summed E-state index contributed by atoms with van der Waals surface area (Å²) in [6.45, 7) is 0. The molecule has 8 heteroatoms. The van der Waals surface area contributed by atoms with E-state index in [1.165, 1.54) is 16.2 Å². The van der Waals surface area contributed by atoms with Crippen molar-refractivity contribution in [2.45, 2.75) is 6.04 Å².